The third kappa shape index (κ3) is 9.79. The predicted octanol–water partition coefficient (Wildman–Crippen LogP) is 7.22. The zero-order valence-corrected chi connectivity index (χ0v) is 23.3. The first-order valence-electron chi connectivity index (χ1n) is 13.2. The van der Waals surface area contributed by atoms with Gasteiger partial charge >= 0.3 is 11.9 Å². The maximum absolute atomic E-state index is 12.8. The molecule has 39 heavy (non-hydrogen) atoms. The van der Waals surface area contributed by atoms with Crippen molar-refractivity contribution in [2.45, 2.75) is 39.5 Å². The second-order valence-corrected chi connectivity index (χ2v) is 9.36. The van der Waals surface area contributed by atoms with Gasteiger partial charge in [-0.25, -0.2) is 9.59 Å². The van der Waals surface area contributed by atoms with Gasteiger partial charge in [0.25, 0.3) is 0 Å². The van der Waals surface area contributed by atoms with Gasteiger partial charge in [-0.1, -0.05) is 93.8 Å². The summed E-state index contributed by atoms with van der Waals surface area (Å²) in [6, 6.07) is 27.9. The van der Waals surface area contributed by atoms with Crippen LogP contribution in [-0.4, -0.2) is 37.7 Å². The van der Waals surface area contributed by atoms with Crippen molar-refractivity contribution in [3.05, 3.63) is 107 Å². The van der Waals surface area contributed by atoms with Crippen molar-refractivity contribution < 1.29 is 19.4 Å². The molecule has 0 heterocycles. The van der Waals surface area contributed by atoms with E-state index in [1.807, 2.05) is 79.7 Å². The molecule has 1 atom stereocenters. The number of benzene rings is 3. The van der Waals surface area contributed by atoms with E-state index in [9.17, 15) is 14.9 Å². The number of carboxylic acid groups (broad SMARTS) is 1. The lowest BCUT2D eigenvalue weighted by Gasteiger charge is -2.16. The van der Waals surface area contributed by atoms with Gasteiger partial charge in [0, 0.05) is 25.4 Å². The van der Waals surface area contributed by atoms with E-state index in [4.69, 9.17) is 9.84 Å². The number of anilines is 1. The summed E-state index contributed by atoms with van der Waals surface area (Å²) in [6.07, 6.45) is 4.25. The van der Waals surface area contributed by atoms with Crippen LogP contribution in [0.4, 0.5) is 5.69 Å². The molecule has 0 aliphatic rings. The minimum Gasteiger partial charge on any atom is -0.478 e. The predicted molar refractivity (Wildman–Crippen MR) is 157 cm³/mol. The molecule has 0 radical (unpaired) electrons. The molecule has 204 valence electrons. The Bertz CT molecular complexity index is 1200. The monoisotopic (exact) mass is 526 g/mol. The molecule has 6 heteroatoms. The van der Waals surface area contributed by atoms with E-state index in [-0.39, 0.29) is 5.57 Å². The molecule has 0 saturated carbocycles. The van der Waals surface area contributed by atoms with E-state index >= 15 is 0 Å². The third-order valence-electron chi connectivity index (χ3n) is 6.31. The number of unbranched alkanes of at least 4 members (excludes halogenated alkanes) is 1. The Hall–Kier alpha value is -4.37. The Labute approximate surface area is 232 Å². The summed E-state index contributed by atoms with van der Waals surface area (Å²) in [5.41, 5.74) is 3.65. The molecule has 3 rings (SSSR count). The Morgan fingerprint density at radius 1 is 0.872 bits per heavy atom. The van der Waals surface area contributed by atoms with Gasteiger partial charge < -0.3 is 14.7 Å². The van der Waals surface area contributed by atoms with Crippen molar-refractivity contribution >= 4 is 23.2 Å². The van der Waals surface area contributed by atoms with Crippen molar-refractivity contribution in [1.82, 2.24) is 0 Å². The van der Waals surface area contributed by atoms with Gasteiger partial charge in [-0.05, 0) is 47.7 Å². The van der Waals surface area contributed by atoms with E-state index in [0.29, 0.717) is 23.7 Å². The number of esters is 1. The van der Waals surface area contributed by atoms with Crippen molar-refractivity contribution in [1.29, 1.82) is 5.26 Å². The average molecular weight is 527 g/mol. The fourth-order valence-electron chi connectivity index (χ4n) is 3.93. The first-order valence-corrected chi connectivity index (χ1v) is 13.2. The number of rotatable bonds is 11. The molecular weight excluding hydrogens is 488 g/mol. The maximum Gasteiger partial charge on any atom is 0.349 e. The number of aromatic carboxylic acids is 1. The number of carbonyl (C=O) groups is 2. The molecule has 0 aromatic heterocycles. The van der Waals surface area contributed by atoms with Gasteiger partial charge in [0.05, 0.1) is 12.2 Å². The molecular formula is C33H38N2O4. The summed E-state index contributed by atoms with van der Waals surface area (Å²) in [5, 5.41) is 18.3. The molecule has 1 N–H and O–H groups in total. The summed E-state index contributed by atoms with van der Waals surface area (Å²) in [5.74, 6) is -1.10. The molecule has 0 amide bonds. The lowest BCUT2D eigenvalue weighted by Crippen LogP contribution is -2.16. The van der Waals surface area contributed by atoms with Gasteiger partial charge in [-0.15, -0.1) is 0 Å². The van der Waals surface area contributed by atoms with Crippen LogP contribution < -0.4 is 4.90 Å². The van der Waals surface area contributed by atoms with E-state index in [2.05, 4.69) is 19.9 Å². The summed E-state index contributed by atoms with van der Waals surface area (Å²) < 4.78 is 5.55. The number of ether oxygens (including phenoxy) is 1. The van der Waals surface area contributed by atoms with Gasteiger partial charge in [0.1, 0.15) is 11.6 Å². The number of nitriles is 1. The van der Waals surface area contributed by atoms with Gasteiger partial charge in [0.15, 0.2) is 0 Å². The zero-order valence-electron chi connectivity index (χ0n) is 23.3. The number of carboxylic acids is 1. The Morgan fingerprint density at radius 3 is 1.82 bits per heavy atom. The maximum atomic E-state index is 12.8. The van der Waals surface area contributed by atoms with Crippen LogP contribution in [0.5, 0.6) is 0 Å². The normalized spacial score (nSPS) is 10.7. The molecule has 0 aliphatic heterocycles. The van der Waals surface area contributed by atoms with Crippen molar-refractivity contribution in [3.63, 3.8) is 0 Å². The third-order valence-corrected chi connectivity index (χ3v) is 6.31. The molecule has 0 fully saturated rings. The highest BCUT2D eigenvalue weighted by Gasteiger charge is 2.21. The van der Waals surface area contributed by atoms with Crippen molar-refractivity contribution in [2.24, 2.45) is 5.92 Å². The lowest BCUT2D eigenvalue weighted by molar-refractivity contribution is -0.139. The minimum absolute atomic E-state index is 0.0535. The summed E-state index contributed by atoms with van der Waals surface area (Å²) in [4.78, 5) is 25.1. The molecule has 3 aromatic rings. The highest BCUT2D eigenvalue weighted by molar-refractivity contribution is 6.05. The van der Waals surface area contributed by atoms with Crippen LogP contribution in [0.15, 0.2) is 90.5 Å². The van der Waals surface area contributed by atoms with Crippen LogP contribution in [-0.2, 0) is 9.53 Å². The van der Waals surface area contributed by atoms with Gasteiger partial charge in [-0.2, -0.15) is 5.26 Å². The Kier molecular flexibility index (Phi) is 13.0. The average Bonchev–Trinajstić information content (AvgIpc) is 2.97. The molecule has 0 bridgehead atoms. The van der Waals surface area contributed by atoms with Crippen LogP contribution in [0.25, 0.3) is 5.57 Å². The van der Waals surface area contributed by atoms with Crippen LogP contribution in [0.3, 0.4) is 0 Å². The summed E-state index contributed by atoms with van der Waals surface area (Å²) >= 11 is 0. The number of hydrogen-bond acceptors (Lipinski definition) is 5. The smallest absolute Gasteiger partial charge is 0.349 e. The molecule has 0 spiro atoms. The zero-order chi connectivity index (χ0) is 28.6. The second kappa shape index (κ2) is 16.5. The molecule has 3 aromatic carbocycles. The molecule has 1 unspecified atom stereocenters. The number of carbonyl (C=O) groups excluding carboxylic acids is 1. The van der Waals surface area contributed by atoms with Crippen LogP contribution in [0.1, 0.15) is 61.0 Å². The van der Waals surface area contributed by atoms with Crippen LogP contribution >= 0.6 is 0 Å². The highest BCUT2D eigenvalue weighted by Crippen LogP contribution is 2.27. The van der Waals surface area contributed by atoms with Crippen molar-refractivity contribution in [2.75, 3.05) is 25.6 Å². The largest absolute Gasteiger partial charge is 0.478 e. The number of hydrogen-bond donors (Lipinski definition) is 1. The molecule has 0 saturated heterocycles. The van der Waals surface area contributed by atoms with Gasteiger partial charge in [-0.3, -0.25) is 0 Å². The van der Waals surface area contributed by atoms with E-state index < -0.39 is 11.9 Å². The molecule has 6 nitrogen and oxygen atoms in total. The van der Waals surface area contributed by atoms with E-state index in [0.717, 1.165) is 42.5 Å². The van der Waals surface area contributed by atoms with Gasteiger partial charge in [0.2, 0.25) is 0 Å². The first-order chi connectivity index (χ1) is 18.8. The fraction of sp³-hybridized carbons (Fsp3) is 0.303. The molecule has 0 aliphatic carbocycles. The minimum atomic E-state index is -0.889. The fourth-order valence-corrected chi connectivity index (χ4v) is 3.93. The van der Waals surface area contributed by atoms with Crippen LogP contribution in [0.2, 0.25) is 0 Å². The quantitative estimate of drug-likeness (QED) is 0.161. The standard InChI is InChI=1S/C24H27NO2.C9H11NO2/c1-3-5-12-19(4-2)18-27-24(26)22(17-25)23(20-13-8-6-9-14-20)21-15-10-7-11-16-21;1-10(2)8-5-3-7(4-6-8)9(11)12/h6-11,13-16,19H,3-5,12,18H2,1-2H3;3-6H,1-2H3,(H,11,12). The summed E-state index contributed by atoms with van der Waals surface area (Å²) in [6.45, 7) is 4.62. The Morgan fingerprint density at radius 2 is 1.41 bits per heavy atom. The highest BCUT2D eigenvalue weighted by atomic mass is 16.5. The lowest BCUT2D eigenvalue weighted by atomic mass is 9.93. The topological polar surface area (TPSA) is 90.6 Å². The second-order valence-electron chi connectivity index (χ2n) is 9.36. The summed E-state index contributed by atoms with van der Waals surface area (Å²) in [7, 11) is 3.82. The SMILES string of the molecule is CCCCC(CC)COC(=O)C(C#N)=C(c1ccccc1)c1ccccc1.CN(C)c1ccc(C(=O)O)cc1. The number of nitrogens with zero attached hydrogens (tertiary/aromatic N) is 2. The van der Waals surface area contributed by atoms with E-state index in [1.54, 1.807) is 24.3 Å². The van der Waals surface area contributed by atoms with Crippen molar-refractivity contribution in [3.8, 4) is 6.07 Å². The van der Waals surface area contributed by atoms with Crippen LogP contribution in [0, 0.1) is 17.2 Å². The van der Waals surface area contributed by atoms with E-state index in [1.165, 1.54) is 0 Å². The Balaban J connectivity index is 0.000000370. The first kappa shape index (κ1) is 30.9.